The van der Waals surface area contributed by atoms with Crippen LogP contribution in [0.2, 0.25) is 0 Å². The lowest BCUT2D eigenvalue weighted by Gasteiger charge is -2.40. The molecule has 2 fully saturated rings. The summed E-state index contributed by atoms with van der Waals surface area (Å²) in [6.07, 6.45) is 5.12. The van der Waals surface area contributed by atoms with Gasteiger partial charge in [0, 0.05) is 31.2 Å². The first kappa shape index (κ1) is 15.2. The van der Waals surface area contributed by atoms with Crippen molar-refractivity contribution in [3.63, 3.8) is 0 Å². The van der Waals surface area contributed by atoms with E-state index >= 15 is 0 Å². The zero-order chi connectivity index (χ0) is 13.7. The highest BCUT2D eigenvalue weighted by Crippen LogP contribution is 2.19. The number of aliphatic hydroxyl groups is 1. The molecule has 2 aliphatic heterocycles. The monoisotopic (exact) mass is 269 g/mol. The number of hydrogen-bond acceptors (Lipinski definition) is 4. The molecule has 1 atom stereocenters. The topological polar surface area (TPSA) is 38.7 Å². The minimum atomic E-state index is 0.289. The van der Waals surface area contributed by atoms with E-state index in [9.17, 15) is 5.11 Å². The molecule has 4 heteroatoms. The van der Waals surface area contributed by atoms with Gasteiger partial charge in [0.1, 0.15) is 0 Å². The molecule has 4 nitrogen and oxygen atoms in total. The van der Waals surface area contributed by atoms with Crippen LogP contribution in [0.3, 0.4) is 0 Å². The van der Waals surface area contributed by atoms with Gasteiger partial charge in [-0.2, -0.15) is 0 Å². The second-order valence-corrected chi connectivity index (χ2v) is 6.37. The van der Waals surface area contributed by atoms with E-state index < -0.39 is 0 Å². The SMILES string of the molecule is CC(C)N1CCC(N(CCO)CC2CCCN2)CC1. The van der Waals surface area contributed by atoms with Gasteiger partial charge in [0.2, 0.25) is 0 Å². The Kier molecular flexibility index (Phi) is 6.07. The Hall–Kier alpha value is -0.160. The fourth-order valence-corrected chi connectivity index (χ4v) is 3.51. The third-order valence-corrected chi connectivity index (χ3v) is 4.75. The molecule has 19 heavy (non-hydrogen) atoms. The van der Waals surface area contributed by atoms with Crippen molar-refractivity contribution < 1.29 is 5.11 Å². The van der Waals surface area contributed by atoms with Crippen LogP contribution in [-0.2, 0) is 0 Å². The van der Waals surface area contributed by atoms with Crippen LogP contribution in [0.1, 0.15) is 39.5 Å². The lowest BCUT2D eigenvalue weighted by molar-refractivity contribution is 0.0735. The first-order valence-electron chi connectivity index (χ1n) is 8.03. The smallest absolute Gasteiger partial charge is 0.0558 e. The molecule has 0 bridgehead atoms. The molecule has 2 N–H and O–H groups in total. The Morgan fingerprint density at radius 1 is 1.26 bits per heavy atom. The van der Waals surface area contributed by atoms with Crippen LogP contribution >= 0.6 is 0 Å². The minimum Gasteiger partial charge on any atom is -0.395 e. The highest BCUT2D eigenvalue weighted by atomic mass is 16.3. The number of nitrogens with zero attached hydrogens (tertiary/aromatic N) is 2. The van der Waals surface area contributed by atoms with Gasteiger partial charge in [-0.3, -0.25) is 4.90 Å². The van der Waals surface area contributed by atoms with E-state index in [0.29, 0.717) is 18.1 Å². The molecule has 0 spiro atoms. The fourth-order valence-electron chi connectivity index (χ4n) is 3.51. The van der Waals surface area contributed by atoms with E-state index in [2.05, 4.69) is 29.0 Å². The first-order valence-corrected chi connectivity index (χ1v) is 8.03. The van der Waals surface area contributed by atoms with Gasteiger partial charge in [0.15, 0.2) is 0 Å². The predicted molar refractivity (Wildman–Crippen MR) is 79.4 cm³/mol. The van der Waals surface area contributed by atoms with Gasteiger partial charge in [-0.05, 0) is 59.2 Å². The molecule has 1 unspecified atom stereocenters. The third kappa shape index (κ3) is 4.42. The number of piperidine rings is 1. The predicted octanol–water partition coefficient (Wildman–Crippen LogP) is 0.906. The Morgan fingerprint density at radius 3 is 2.53 bits per heavy atom. The van der Waals surface area contributed by atoms with Crippen LogP contribution in [0, 0.1) is 0 Å². The Balaban J connectivity index is 1.81. The lowest BCUT2D eigenvalue weighted by Crippen LogP contribution is -2.50. The maximum absolute atomic E-state index is 9.31. The largest absolute Gasteiger partial charge is 0.395 e. The van der Waals surface area contributed by atoms with Gasteiger partial charge in [-0.1, -0.05) is 0 Å². The maximum Gasteiger partial charge on any atom is 0.0558 e. The summed E-state index contributed by atoms with van der Waals surface area (Å²) in [7, 11) is 0. The number of hydrogen-bond donors (Lipinski definition) is 2. The number of likely N-dealkylation sites (tertiary alicyclic amines) is 1. The average molecular weight is 269 g/mol. The van der Waals surface area contributed by atoms with Crippen LogP contribution in [0.15, 0.2) is 0 Å². The zero-order valence-electron chi connectivity index (χ0n) is 12.6. The molecule has 2 rings (SSSR count). The minimum absolute atomic E-state index is 0.289. The van der Waals surface area contributed by atoms with Gasteiger partial charge in [-0.15, -0.1) is 0 Å². The molecule has 0 amide bonds. The van der Waals surface area contributed by atoms with E-state index in [4.69, 9.17) is 0 Å². The summed E-state index contributed by atoms with van der Waals surface area (Å²) in [6.45, 7) is 10.4. The van der Waals surface area contributed by atoms with Crippen molar-refractivity contribution in [3.8, 4) is 0 Å². The van der Waals surface area contributed by atoms with E-state index in [1.807, 2.05) is 0 Å². The number of aliphatic hydroxyl groups excluding tert-OH is 1. The van der Waals surface area contributed by atoms with Crippen LogP contribution in [-0.4, -0.2) is 72.4 Å². The molecular formula is C15H31N3O. The van der Waals surface area contributed by atoms with Gasteiger partial charge in [0.25, 0.3) is 0 Å². The van der Waals surface area contributed by atoms with Crippen LogP contribution in [0.25, 0.3) is 0 Å². The quantitative estimate of drug-likeness (QED) is 0.752. The summed E-state index contributed by atoms with van der Waals surface area (Å²) < 4.78 is 0. The summed E-state index contributed by atoms with van der Waals surface area (Å²) in [5, 5.41) is 12.9. The Morgan fingerprint density at radius 2 is 2.00 bits per heavy atom. The number of rotatable bonds is 6. The van der Waals surface area contributed by atoms with E-state index in [-0.39, 0.29) is 6.61 Å². The molecule has 112 valence electrons. The zero-order valence-corrected chi connectivity index (χ0v) is 12.6. The summed E-state index contributed by atoms with van der Waals surface area (Å²) in [5.74, 6) is 0. The van der Waals surface area contributed by atoms with Gasteiger partial charge in [0.05, 0.1) is 6.61 Å². The third-order valence-electron chi connectivity index (χ3n) is 4.75. The molecule has 2 saturated heterocycles. The fraction of sp³-hybridized carbons (Fsp3) is 1.00. The van der Waals surface area contributed by atoms with Crippen molar-refractivity contribution in [2.45, 2.75) is 57.7 Å². The van der Waals surface area contributed by atoms with Gasteiger partial charge >= 0.3 is 0 Å². The molecule has 0 aromatic carbocycles. The van der Waals surface area contributed by atoms with Gasteiger partial charge in [-0.25, -0.2) is 0 Å². The van der Waals surface area contributed by atoms with Crippen molar-refractivity contribution in [1.29, 1.82) is 0 Å². The molecule has 0 aliphatic carbocycles. The highest BCUT2D eigenvalue weighted by molar-refractivity contribution is 4.85. The second-order valence-electron chi connectivity index (χ2n) is 6.37. The van der Waals surface area contributed by atoms with Gasteiger partial charge < -0.3 is 15.3 Å². The highest BCUT2D eigenvalue weighted by Gasteiger charge is 2.27. The summed E-state index contributed by atoms with van der Waals surface area (Å²) in [4.78, 5) is 5.10. The van der Waals surface area contributed by atoms with Crippen LogP contribution < -0.4 is 5.32 Å². The molecule has 2 aliphatic rings. The van der Waals surface area contributed by atoms with Crippen molar-refractivity contribution in [2.75, 3.05) is 39.3 Å². The van der Waals surface area contributed by atoms with Crippen molar-refractivity contribution >= 4 is 0 Å². The molecule has 0 radical (unpaired) electrons. The van der Waals surface area contributed by atoms with E-state index in [0.717, 1.165) is 13.1 Å². The summed E-state index contributed by atoms with van der Waals surface area (Å²) >= 11 is 0. The van der Waals surface area contributed by atoms with Crippen molar-refractivity contribution in [3.05, 3.63) is 0 Å². The molecular weight excluding hydrogens is 238 g/mol. The standard InChI is InChI=1S/C15H31N3O/c1-13(2)17-8-5-15(6-9-17)18(10-11-19)12-14-4-3-7-16-14/h13-16,19H,3-12H2,1-2H3. The molecule has 2 heterocycles. The summed E-state index contributed by atoms with van der Waals surface area (Å²) in [5.41, 5.74) is 0. The normalized spacial score (nSPS) is 26.7. The van der Waals surface area contributed by atoms with Crippen LogP contribution in [0.5, 0.6) is 0 Å². The Labute approximate surface area is 118 Å². The van der Waals surface area contributed by atoms with E-state index in [1.165, 1.54) is 45.3 Å². The average Bonchev–Trinajstić information content (AvgIpc) is 2.91. The molecule has 0 aromatic rings. The van der Waals surface area contributed by atoms with Crippen molar-refractivity contribution in [2.24, 2.45) is 0 Å². The second kappa shape index (κ2) is 7.58. The van der Waals surface area contributed by atoms with Crippen LogP contribution in [0.4, 0.5) is 0 Å². The first-order chi connectivity index (χ1) is 9.20. The molecule has 0 saturated carbocycles. The van der Waals surface area contributed by atoms with Crippen molar-refractivity contribution in [1.82, 2.24) is 15.1 Å². The maximum atomic E-state index is 9.31. The summed E-state index contributed by atoms with van der Waals surface area (Å²) in [6, 6.07) is 1.99. The number of nitrogens with one attached hydrogen (secondary N) is 1. The van der Waals surface area contributed by atoms with E-state index in [1.54, 1.807) is 0 Å². The molecule has 0 aromatic heterocycles. The Bertz CT molecular complexity index is 246. The lowest BCUT2D eigenvalue weighted by atomic mass is 10.0.